The van der Waals surface area contributed by atoms with Gasteiger partial charge in [0.2, 0.25) is 0 Å². The number of aromatic nitrogens is 2. The van der Waals surface area contributed by atoms with Crippen molar-refractivity contribution in [3.05, 3.63) is 46.3 Å². The topological polar surface area (TPSA) is 143 Å². The number of nitrogens with zero attached hydrogens (tertiary/aromatic N) is 4. The Kier molecular flexibility index (Phi) is 6.88. The molecule has 0 spiro atoms. The van der Waals surface area contributed by atoms with Crippen molar-refractivity contribution < 1.29 is 18.8 Å². The van der Waals surface area contributed by atoms with Crippen molar-refractivity contribution >= 4 is 28.3 Å². The van der Waals surface area contributed by atoms with E-state index in [2.05, 4.69) is 4.98 Å². The number of primary amides is 1. The minimum Gasteiger partial charge on any atom is -0.491 e. The summed E-state index contributed by atoms with van der Waals surface area (Å²) in [6, 6.07) is 6.30. The quantitative estimate of drug-likeness (QED) is 0.282. The smallest absolute Gasteiger partial charge is 0.300 e. The average Bonchev–Trinajstić information content (AvgIpc) is 3.21. The Balaban J connectivity index is 1.81. The molecule has 10 nitrogen and oxygen atoms in total. The molecular formula is C24H29FN6O4. The van der Waals surface area contributed by atoms with Gasteiger partial charge in [-0.1, -0.05) is 18.9 Å². The number of nitro benzene ring substituents is 1. The van der Waals surface area contributed by atoms with Gasteiger partial charge >= 0.3 is 5.69 Å². The van der Waals surface area contributed by atoms with Gasteiger partial charge in [0.25, 0.3) is 5.91 Å². The zero-order chi connectivity index (χ0) is 25.3. The van der Waals surface area contributed by atoms with E-state index in [9.17, 15) is 19.3 Å². The van der Waals surface area contributed by atoms with Gasteiger partial charge in [-0.3, -0.25) is 14.9 Å². The van der Waals surface area contributed by atoms with Crippen molar-refractivity contribution in [2.24, 2.45) is 5.73 Å². The number of likely N-dealkylation sites (N-methyl/N-ethyl adjacent to an activating group) is 1. The molecule has 1 fully saturated rings. The van der Waals surface area contributed by atoms with Gasteiger partial charge < -0.3 is 25.7 Å². The van der Waals surface area contributed by atoms with Crippen LogP contribution in [-0.2, 0) is 0 Å². The Bertz CT molecular complexity index is 1270. The zero-order valence-corrected chi connectivity index (χ0v) is 19.7. The van der Waals surface area contributed by atoms with E-state index in [-0.39, 0.29) is 35.2 Å². The molecule has 35 heavy (non-hydrogen) atoms. The van der Waals surface area contributed by atoms with E-state index < -0.39 is 22.7 Å². The molecule has 4 N–H and O–H groups in total. The van der Waals surface area contributed by atoms with Crippen LogP contribution in [0.4, 0.5) is 15.8 Å². The van der Waals surface area contributed by atoms with E-state index in [1.165, 1.54) is 6.07 Å². The lowest BCUT2D eigenvalue weighted by atomic mass is 9.93. The molecule has 2 atom stereocenters. The zero-order valence-electron chi connectivity index (χ0n) is 19.7. The van der Waals surface area contributed by atoms with Crippen LogP contribution in [0.15, 0.2) is 30.6 Å². The van der Waals surface area contributed by atoms with Crippen LogP contribution in [0.3, 0.4) is 0 Å². The molecule has 1 amide bonds. The van der Waals surface area contributed by atoms with Gasteiger partial charge in [-0.2, -0.15) is 0 Å². The molecule has 1 aromatic heterocycles. The van der Waals surface area contributed by atoms with Crippen LogP contribution in [0.1, 0.15) is 42.1 Å². The summed E-state index contributed by atoms with van der Waals surface area (Å²) in [7, 11) is 3.72. The first-order valence-electron chi connectivity index (χ1n) is 11.5. The summed E-state index contributed by atoms with van der Waals surface area (Å²) >= 11 is 0. The Hall–Kier alpha value is -3.73. The number of rotatable bonds is 8. The molecule has 3 aromatic rings. The molecule has 0 saturated heterocycles. The minimum atomic E-state index is -0.940. The van der Waals surface area contributed by atoms with E-state index in [1.807, 2.05) is 23.6 Å². The predicted octanol–water partition coefficient (Wildman–Crippen LogP) is 3.69. The number of fused-ring (bicyclic) bond motifs is 1. The van der Waals surface area contributed by atoms with Crippen LogP contribution >= 0.6 is 0 Å². The predicted molar refractivity (Wildman–Crippen MR) is 131 cm³/mol. The molecular weight excluding hydrogens is 455 g/mol. The van der Waals surface area contributed by atoms with Crippen LogP contribution in [0.25, 0.3) is 22.2 Å². The number of nitro groups is 1. The number of imidazole rings is 1. The number of ether oxygens (including phenoxy) is 1. The first-order valence-corrected chi connectivity index (χ1v) is 11.5. The number of alkyl halides is 1. The number of nitrogens with two attached hydrogens (primary N) is 2. The lowest BCUT2D eigenvalue weighted by Crippen LogP contribution is -2.23. The standard InChI is InChI=1S/C24H29FN6O4/c1-29(2)9-10-35-20-12-15(23(31(33)34)22(26)21(20)24(27)32)14-7-8-19-17(11-14)28-13-30(19)18-6-4-3-5-16(18)25/h7-8,11-13,16,18H,3-6,9-10,26H2,1-2H3,(H2,27,32)/t16-,18-/m1/s1. The fourth-order valence-electron chi connectivity index (χ4n) is 4.63. The van der Waals surface area contributed by atoms with Gasteiger partial charge in [0.05, 0.1) is 33.9 Å². The van der Waals surface area contributed by atoms with Gasteiger partial charge in [-0.05, 0) is 50.7 Å². The SMILES string of the molecule is CN(C)CCOc1cc(-c2ccc3c(c2)ncn3[C@@H]2CCCC[C@H]2F)c([N+](=O)[O-])c(N)c1C(N)=O. The molecule has 1 aliphatic carbocycles. The van der Waals surface area contributed by atoms with Gasteiger partial charge in [0.1, 0.15) is 29.8 Å². The summed E-state index contributed by atoms with van der Waals surface area (Å²) in [4.78, 5) is 29.8. The number of amides is 1. The number of nitrogen functional groups attached to an aromatic ring is 1. The lowest BCUT2D eigenvalue weighted by Gasteiger charge is -2.27. The number of anilines is 1. The summed E-state index contributed by atoms with van der Waals surface area (Å²) in [5.74, 6) is -0.843. The third-order valence-corrected chi connectivity index (χ3v) is 6.42. The molecule has 0 bridgehead atoms. The monoisotopic (exact) mass is 484 g/mol. The van der Waals surface area contributed by atoms with Gasteiger partial charge in [-0.25, -0.2) is 9.37 Å². The molecule has 0 radical (unpaired) electrons. The molecule has 186 valence electrons. The highest BCUT2D eigenvalue weighted by molar-refractivity contribution is 6.05. The van der Waals surface area contributed by atoms with Crippen molar-refractivity contribution in [2.75, 3.05) is 33.0 Å². The largest absolute Gasteiger partial charge is 0.491 e. The minimum absolute atomic E-state index is 0.0746. The van der Waals surface area contributed by atoms with Crippen molar-refractivity contribution in [3.8, 4) is 16.9 Å². The summed E-state index contributed by atoms with van der Waals surface area (Å²) in [5, 5.41) is 12.0. The van der Waals surface area contributed by atoms with Crippen molar-refractivity contribution in [3.63, 3.8) is 0 Å². The number of carbonyl (C=O) groups excluding carboxylic acids is 1. The number of carbonyl (C=O) groups is 1. The molecule has 2 aromatic carbocycles. The lowest BCUT2D eigenvalue weighted by molar-refractivity contribution is -0.383. The first kappa shape index (κ1) is 24.4. The van der Waals surface area contributed by atoms with Crippen LogP contribution in [-0.4, -0.2) is 58.7 Å². The average molecular weight is 485 g/mol. The number of hydrogen-bond acceptors (Lipinski definition) is 7. The highest BCUT2D eigenvalue weighted by Gasteiger charge is 2.30. The molecule has 0 unspecified atom stereocenters. The Morgan fingerprint density at radius 3 is 2.71 bits per heavy atom. The van der Waals surface area contributed by atoms with Crippen LogP contribution in [0, 0.1) is 10.1 Å². The third-order valence-electron chi connectivity index (χ3n) is 6.42. The highest BCUT2D eigenvalue weighted by atomic mass is 19.1. The first-order chi connectivity index (χ1) is 16.7. The fraction of sp³-hybridized carbons (Fsp3) is 0.417. The molecule has 4 rings (SSSR count). The molecule has 1 aliphatic rings. The van der Waals surface area contributed by atoms with E-state index in [1.54, 1.807) is 24.5 Å². The van der Waals surface area contributed by atoms with Crippen molar-refractivity contribution in [2.45, 2.75) is 37.9 Å². The fourth-order valence-corrected chi connectivity index (χ4v) is 4.63. The summed E-state index contributed by atoms with van der Waals surface area (Å²) < 4.78 is 22.2. The van der Waals surface area contributed by atoms with Crippen molar-refractivity contribution in [1.82, 2.24) is 14.5 Å². The Morgan fingerprint density at radius 1 is 1.31 bits per heavy atom. The summed E-state index contributed by atoms with van der Waals surface area (Å²) in [5.41, 5.74) is 12.5. The number of benzene rings is 2. The third kappa shape index (κ3) is 4.76. The summed E-state index contributed by atoms with van der Waals surface area (Å²) in [6.07, 6.45) is 3.77. The second kappa shape index (κ2) is 9.87. The maximum atomic E-state index is 14.6. The van der Waals surface area contributed by atoms with Crippen LogP contribution < -0.4 is 16.2 Å². The molecule has 1 saturated carbocycles. The van der Waals surface area contributed by atoms with E-state index >= 15 is 0 Å². The van der Waals surface area contributed by atoms with Crippen molar-refractivity contribution in [1.29, 1.82) is 0 Å². The second-order valence-electron chi connectivity index (χ2n) is 9.06. The van der Waals surface area contributed by atoms with Gasteiger partial charge in [0.15, 0.2) is 0 Å². The number of hydrogen-bond donors (Lipinski definition) is 2. The van der Waals surface area contributed by atoms with E-state index in [0.717, 1.165) is 24.8 Å². The van der Waals surface area contributed by atoms with Crippen LogP contribution in [0.2, 0.25) is 0 Å². The van der Waals surface area contributed by atoms with Gasteiger partial charge in [0, 0.05) is 6.54 Å². The van der Waals surface area contributed by atoms with E-state index in [4.69, 9.17) is 16.2 Å². The Labute approximate surface area is 201 Å². The molecule has 0 aliphatic heterocycles. The van der Waals surface area contributed by atoms with Crippen LogP contribution in [0.5, 0.6) is 5.75 Å². The maximum Gasteiger partial charge on any atom is 0.300 e. The Morgan fingerprint density at radius 2 is 2.06 bits per heavy atom. The normalized spacial score (nSPS) is 18.2. The summed E-state index contributed by atoms with van der Waals surface area (Å²) in [6.45, 7) is 0.768. The molecule has 1 heterocycles. The molecule has 11 heteroatoms. The van der Waals surface area contributed by atoms with E-state index in [0.29, 0.717) is 24.0 Å². The maximum absolute atomic E-state index is 14.6. The second-order valence-corrected chi connectivity index (χ2v) is 9.06. The number of halogens is 1. The van der Waals surface area contributed by atoms with Gasteiger partial charge in [-0.15, -0.1) is 0 Å². The highest BCUT2D eigenvalue weighted by Crippen LogP contribution is 2.43.